The second kappa shape index (κ2) is 2.99. The van der Waals surface area contributed by atoms with Crippen molar-refractivity contribution in [2.24, 2.45) is 5.73 Å². The van der Waals surface area contributed by atoms with E-state index < -0.39 is 5.97 Å². The lowest BCUT2D eigenvalue weighted by molar-refractivity contribution is -0.145. The van der Waals surface area contributed by atoms with Gasteiger partial charge in [0.05, 0.1) is 11.8 Å². The summed E-state index contributed by atoms with van der Waals surface area (Å²) in [5.74, 6) is -1.20. The van der Waals surface area contributed by atoms with Crippen LogP contribution >= 0.6 is 11.8 Å². The minimum absolute atomic E-state index is 0.0328. The molecule has 0 bridgehead atoms. The van der Waals surface area contributed by atoms with Gasteiger partial charge >= 0.3 is 5.97 Å². The number of amides is 1. The monoisotopic (exact) mass is 214 g/mol. The van der Waals surface area contributed by atoms with Crippen LogP contribution in [0.1, 0.15) is 13.3 Å². The Bertz CT molecular complexity index is 350. The lowest BCUT2D eigenvalue weighted by Crippen LogP contribution is -2.48. The first kappa shape index (κ1) is 9.54. The maximum Gasteiger partial charge on any atom is 0.353 e. The van der Waals surface area contributed by atoms with Gasteiger partial charge < -0.3 is 10.8 Å². The van der Waals surface area contributed by atoms with Crippen LogP contribution in [0, 0.1) is 0 Å². The Morgan fingerprint density at radius 1 is 1.79 bits per heavy atom. The SMILES string of the molecule is CC(N)C1=C(C(=O)O)N2C(=O)CC2S1. The van der Waals surface area contributed by atoms with Crippen molar-refractivity contribution in [3.05, 3.63) is 10.6 Å². The fourth-order valence-electron chi connectivity index (χ4n) is 1.60. The number of rotatable bonds is 2. The Labute approximate surface area is 84.9 Å². The van der Waals surface area contributed by atoms with Crippen LogP contribution in [0.4, 0.5) is 0 Å². The number of carbonyl (C=O) groups excluding carboxylic acids is 1. The van der Waals surface area contributed by atoms with Crippen LogP contribution in [-0.4, -0.2) is 33.3 Å². The maximum absolute atomic E-state index is 11.2. The highest BCUT2D eigenvalue weighted by Gasteiger charge is 2.48. The van der Waals surface area contributed by atoms with Gasteiger partial charge in [0.1, 0.15) is 5.70 Å². The number of nitrogens with zero attached hydrogens (tertiary/aromatic N) is 1. The summed E-state index contributed by atoms with van der Waals surface area (Å²) in [5.41, 5.74) is 5.72. The second-order valence-electron chi connectivity index (χ2n) is 3.35. The van der Waals surface area contributed by atoms with E-state index in [0.717, 1.165) is 0 Å². The predicted molar refractivity (Wildman–Crippen MR) is 51.2 cm³/mol. The molecule has 1 amide bonds. The van der Waals surface area contributed by atoms with E-state index in [9.17, 15) is 9.59 Å². The molecule has 76 valence electrons. The summed E-state index contributed by atoms with van der Waals surface area (Å²) >= 11 is 1.39. The molecule has 1 saturated heterocycles. The van der Waals surface area contributed by atoms with Crippen molar-refractivity contribution in [1.29, 1.82) is 0 Å². The summed E-state index contributed by atoms with van der Waals surface area (Å²) in [6.45, 7) is 1.72. The molecule has 0 aromatic rings. The summed E-state index contributed by atoms with van der Waals surface area (Å²) in [4.78, 5) is 24.0. The number of thioether (sulfide) groups is 1. The van der Waals surface area contributed by atoms with Gasteiger partial charge in [0.2, 0.25) is 5.91 Å². The number of carbonyl (C=O) groups is 2. The number of aliphatic carboxylic acids is 1. The fraction of sp³-hybridized carbons (Fsp3) is 0.500. The average Bonchev–Trinajstić information content (AvgIpc) is 2.37. The molecule has 2 rings (SSSR count). The van der Waals surface area contributed by atoms with E-state index >= 15 is 0 Å². The van der Waals surface area contributed by atoms with Gasteiger partial charge in [-0.2, -0.15) is 0 Å². The second-order valence-corrected chi connectivity index (χ2v) is 4.57. The first-order chi connectivity index (χ1) is 6.52. The third-order valence-corrected chi connectivity index (χ3v) is 3.73. The topological polar surface area (TPSA) is 83.6 Å². The average molecular weight is 214 g/mol. The fourth-order valence-corrected chi connectivity index (χ4v) is 2.96. The summed E-state index contributed by atoms with van der Waals surface area (Å²) in [7, 11) is 0. The van der Waals surface area contributed by atoms with Crippen molar-refractivity contribution < 1.29 is 14.7 Å². The quantitative estimate of drug-likeness (QED) is 0.629. The van der Waals surface area contributed by atoms with Gasteiger partial charge in [-0.25, -0.2) is 4.79 Å². The molecule has 2 heterocycles. The van der Waals surface area contributed by atoms with Crippen molar-refractivity contribution in [2.75, 3.05) is 0 Å². The van der Waals surface area contributed by atoms with Crippen molar-refractivity contribution in [1.82, 2.24) is 4.90 Å². The Hall–Kier alpha value is -1.01. The zero-order valence-electron chi connectivity index (χ0n) is 7.56. The van der Waals surface area contributed by atoms with Crippen LogP contribution in [0.5, 0.6) is 0 Å². The Morgan fingerprint density at radius 2 is 2.43 bits per heavy atom. The number of hydrogen-bond donors (Lipinski definition) is 2. The maximum atomic E-state index is 11.2. The molecule has 5 nitrogen and oxygen atoms in total. The third-order valence-electron chi connectivity index (χ3n) is 2.26. The molecule has 0 radical (unpaired) electrons. The zero-order chi connectivity index (χ0) is 10.5. The minimum Gasteiger partial charge on any atom is -0.477 e. The van der Waals surface area contributed by atoms with Crippen LogP contribution in [0.25, 0.3) is 0 Å². The van der Waals surface area contributed by atoms with Crippen LogP contribution in [-0.2, 0) is 9.59 Å². The van der Waals surface area contributed by atoms with Crippen molar-refractivity contribution in [3.63, 3.8) is 0 Å². The molecule has 2 aliphatic heterocycles. The summed E-state index contributed by atoms with van der Waals surface area (Å²) in [6.07, 6.45) is 0.414. The number of nitrogens with two attached hydrogens (primary N) is 1. The highest BCUT2D eigenvalue weighted by Crippen LogP contribution is 2.46. The minimum atomic E-state index is -1.07. The van der Waals surface area contributed by atoms with Gasteiger partial charge in [-0.1, -0.05) is 0 Å². The summed E-state index contributed by atoms with van der Waals surface area (Å²) in [6, 6.07) is -0.329. The molecular weight excluding hydrogens is 204 g/mol. The molecule has 3 N–H and O–H groups in total. The number of β-lactam (4-membered cyclic amide) rings is 1. The van der Waals surface area contributed by atoms with Crippen LogP contribution < -0.4 is 5.73 Å². The first-order valence-corrected chi connectivity index (χ1v) is 5.12. The molecule has 1 fully saturated rings. The van der Waals surface area contributed by atoms with Crippen molar-refractivity contribution in [2.45, 2.75) is 24.8 Å². The van der Waals surface area contributed by atoms with Gasteiger partial charge in [0, 0.05) is 10.9 Å². The van der Waals surface area contributed by atoms with Crippen LogP contribution in [0.2, 0.25) is 0 Å². The van der Waals surface area contributed by atoms with E-state index in [1.54, 1.807) is 6.92 Å². The molecule has 0 aromatic heterocycles. The van der Waals surface area contributed by atoms with Gasteiger partial charge in [0.15, 0.2) is 0 Å². The third kappa shape index (κ3) is 1.14. The van der Waals surface area contributed by atoms with Gasteiger partial charge in [-0.3, -0.25) is 9.69 Å². The Balaban J connectivity index is 2.38. The number of carboxylic acid groups (broad SMARTS) is 1. The molecule has 0 spiro atoms. The molecule has 14 heavy (non-hydrogen) atoms. The molecule has 2 atom stereocenters. The molecule has 0 aromatic carbocycles. The Kier molecular flexibility index (Phi) is 2.04. The van der Waals surface area contributed by atoms with E-state index in [-0.39, 0.29) is 23.0 Å². The summed E-state index contributed by atoms with van der Waals surface area (Å²) in [5, 5.41) is 8.92. The van der Waals surface area contributed by atoms with Gasteiger partial charge in [-0.05, 0) is 6.92 Å². The summed E-state index contributed by atoms with van der Waals surface area (Å²) < 4.78 is 0. The van der Waals surface area contributed by atoms with Gasteiger partial charge in [0.25, 0.3) is 0 Å². The zero-order valence-corrected chi connectivity index (χ0v) is 8.37. The normalized spacial score (nSPS) is 27.4. The van der Waals surface area contributed by atoms with E-state index in [0.29, 0.717) is 11.3 Å². The van der Waals surface area contributed by atoms with E-state index in [2.05, 4.69) is 0 Å². The lowest BCUT2D eigenvalue weighted by atomic mass is 10.1. The van der Waals surface area contributed by atoms with E-state index in [1.165, 1.54) is 16.7 Å². The highest BCUT2D eigenvalue weighted by atomic mass is 32.2. The molecule has 2 unspecified atom stereocenters. The predicted octanol–water partition coefficient (Wildman–Crippen LogP) is -0.0650. The van der Waals surface area contributed by atoms with Crippen LogP contribution in [0.15, 0.2) is 10.6 Å². The molecule has 0 saturated carbocycles. The molecule has 6 heteroatoms. The van der Waals surface area contributed by atoms with Gasteiger partial charge in [-0.15, -0.1) is 11.8 Å². The Morgan fingerprint density at radius 3 is 2.86 bits per heavy atom. The smallest absolute Gasteiger partial charge is 0.353 e. The van der Waals surface area contributed by atoms with Crippen molar-refractivity contribution >= 4 is 23.6 Å². The highest BCUT2D eigenvalue weighted by molar-refractivity contribution is 8.04. The molecular formula is C8H10N2O3S. The lowest BCUT2D eigenvalue weighted by Gasteiger charge is -2.33. The van der Waals surface area contributed by atoms with E-state index in [4.69, 9.17) is 10.8 Å². The van der Waals surface area contributed by atoms with Crippen LogP contribution in [0.3, 0.4) is 0 Å². The first-order valence-electron chi connectivity index (χ1n) is 4.24. The molecule has 0 aliphatic carbocycles. The largest absolute Gasteiger partial charge is 0.477 e. The number of fused-ring (bicyclic) bond motifs is 1. The van der Waals surface area contributed by atoms with Crippen molar-refractivity contribution in [3.8, 4) is 0 Å². The standard InChI is InChI=1S/C8H10N2O3S/c1-3(9)7-6(8(12)13)10-4(11)2-5(10)14-7/h3,5H,2,9H2,1H3,(H,12,13). The number of hydrogen-bond acceptors (Lipinski definition) is 4. The number of carboxylic acids is 1. The molecule has 2 aliphatic rings. The van der Waals surface area contributed by atoms with E-state index in [1.807, 2.05) is 0 Å².